The fourth-order valence-corrected chi connectivity index (χ4v) is 1.84. The van der Waals surface area contributed by atoms with Crippen LogP contribution < -0.4 is 0 Å². The first-order chi connectivity index (χ1) is 8.02. The number of carboxylic acid groups (broad SMARTS) is 1. The summed E-state index contributed by atoms with van der Waals surface area (Å²) in [5.41, 5.74) is 0.908. The van der Waals surface area contributed by atoms with E-state index in [0.717, 1.165) is 0 Å². The second-order valence-electron chi connectivity index (χ2n) is 3.81. The highest BCUT2D eigenvalue weighted by atomic mass is 79.9. The van der Waals surface area contributed by atoms with Gasteiger partial charge >= 0.3 is 5.97 Å². The minimum atomic E-state index is -0.963. The fraction of sp³-hybridized carbons (Fsp3) is 0.308. The molecular formula is C13H15BrO3. The molecule has 0 saturated carbocycles. The van der Waals surface area contributed by atoms with Gasteiger partial charge in [-0.25, -0.2) is 4.79 Å². The number of hydrogen-bond donors (Lipinski definition) is 1. The molecule has 3 nitrogen and oxygen atoms in total. The van der Waals surface area contributed by atoms with E-state index in [0.29, 0.717) is 10.0 Å². The molecule has 0 unspecified atom stereocenters. The number of rotatable bonds is 5. The molecule has 0 aromatic heterocycles. The number of hydrogen-bond acceptors (Lipinski definition) is 2. The first kappa shape index (κ1) is 13.9. The molecule has 4 heteroatoms. The third-order valence-electron chi connectivity index (χ3n) is 2.09. The van der Waals surface area contributed by atoms with E-state index >= 15 is 0 Å². The zero-order chi connectivity index (χ0) is 12.8. The Hall–Kier alpha value is -1.13. The average molecular weight is 299 g/mol. The Morgan fingerprint density at radius 3 is 2.41 bits per heavy atom. The van der Waals surface area contributed by atoms with Gasteiger partial charge in [0.15, 0.2) is 0 Å². The van der Waals surface area contributed by atoms with E-state index in [1.807, 2.05) is 32.0 Å². The number of carboxylic acids is 1. The lowest BCUT2D eigenvalue weighted by Gasteiger charge is -2.10. The van der Waals surface area contributed by atoms with Crippen LogP contribution in [0, 0.1) is 0 Å². The van der Waals surface area contributed by atoms with Gasteiger partial charge in [0, 0.05) is 4.48 Å². The van der Waals surface area contributed by atoms with Gasteiger partial charge in [-0.1, -0.05) is 46.3 Å². The van der Waals surface area contributed by atoms with E-state index in [4.69, 9.17) is 4.74 Å². The molecule has 0 amide bonds. The highest BCUT2D eigenvalue weighted by molar-refractivity contribution is 9.11. The van der Waals surface area contributed by atoms with E-state index < -0.39 is 5.97 Å². The molecule has 17 heavy (non-hydrogen) atoms. The Balaban J connectivity index is 3.00. The fourth-order valence-electron chi connectivity index (χ4n) is 1.31. The molecule has 1 aromatic carbocycles. The normalized spacial score (nSPS) is 12.5. The Bertz CT molecular complexity index is 410. The van der Waals surface area contributed by atoms with E-state index in [-0.39, 0.29) is 18.3 Å². The highest BCUT2D eigenvalue weighted by Crippen LogP contribution is 2.23. The molecule has 1 aromatic rings. The molecule has 0 heterocycles. The molecule has 0 spiro atoms. The summed E-state index contributed by atoms with van der Waals surface area (Å²) in [6.07, 6.45) is 0.0633. The summed E-state index contributed by atoms with van der Waals surface area (Å²) in [6, 6.07) is 8.99. The average Bonchev–Trinajstić information content (AvgIpc) is 2.27. The first-order valence-corrected chi connectivity index (χ1v) is 6.10. The van der Waals surface area contributed by atoms with Gasteiger partial charge in [-0.15, -0.1) is 0 Å². The Morgan fingerprint density at radius 1 is 1.35 bits per heavy atom. The molecular weight excluding hydrogens is 284 g/mol. The minimum absolute atomic E-state index is 0.0633. The maximum absolute atomic E-state index is 11.2. The van der Waals surface area contributed by atoms with Crippen molar-refractivity contribution in [2.24, 2.45) is 0 Å². The summed E-state index contributed by atoms with van der Waals surface area (Å²) in [4.78, 5) is 11.2. The third kappa shape index (κ3) is 4.32. The molecule has 0 aliphatic carbocycles. The molecule has 0 aliphatic heterocycles. The van der Waals surface area contributed by atoms with Crippen molar-refractivity contribution in [3.63, 3.8) is 0 Å². The van der Waals surface area contributed by atoms with Gasteiger partial charge in [-0.3, -0.25) is 0 Å². The summed E-state index contributed by atoms with van der Waals surface area (Å²) >= 11 is 3.28. The van der Waals surface area contributed by atoms with Gasteiger partial charge in [-0.05, 0) is 19.4 Å². The predicted molar refractivity (Wildman–Crippen MR) is 71.0 cm³/mol. The zero-order valence-corrected chi connectivity index (χ0v) is 11.4. The van der Waals surface area contributed by atoms with E-state index in [9.17, 15) is 9.90 Å². The SMILES string of the molecule is CC(C)OC/C(Br)=C(/C(=O)O)c1ccccc1. The topological polar surface area (TPSA) is 46.5 Å². The lowest BCUT2D eigenvalue weighted by Crippen LogP contribution is -2.08. The summed E-state index contributed by atoms with van der Waals surface area (Å²) in [5.74, 6) is -0.963. The van der Waals surface area contributed by atoms with Gasteiger partial charge in [-0.2, -0.15) is 0 Å². The van der Waals surface area contributed by atoms with Crippen LogP contribution in [0.4, 0.5) is 0 Å². The van der Waals surface area contributed by atoms with Crippen LogP contribution in [0.15, 0.2) is 34.8 Å². The highest BCUT2D eigenvalue weighted by Gasteiger charge is 2.15. The molecule has 1 rings (SSSR count). The largest absolute Gasteiger partial charge is 0.478 e. The predicted octanol–water partition coefficient (Wildman–Crippen LogP) is 3.30. The van der Waals surface area contributed by atoms with Crippen molar-refractivity contribution in [3.8, 4) is 0 Å². The number of benzene rings is 1. The number of carbonyl (C=O) groups is 1. The molecule has 0 aliphatic rings. The summed E-state index contributed by atoms with van der Waals surface area (Å²) in [7, 11) is 0. The van der Waals surface area contributed by atoms with Crippen LogP contribution in [0.1, 0.15) is 19.4 Å². The first-order valence-electron chi connectivity index (χ1n) is 5.31. The maximum atomic E-state index is 11.2. The Labute approximate surface area is 109 Å². The number of ether oxygens (including phenoxy) is 1. The molecule has 0 atom stereocenters. The van der Waals surface area contributed by atoms with Crippen molar-refractivity contribution in [1.29, 1.82) is 0 Å². The standard InChI is InChI=1S/C13H15BrO3/c1-9(2)17-8-11(14)12(13(15)16)10-6-4-3-5-7-10/h3-7,9H,8H2,1-2H3,(H,15,16)/b12-11-. The van der Waals surface area contributed by atoms with Crippen LogP contribution in [-0.4, -0.2) is 23.8 Å². The summed E-state index contributed by atoms with van der Waals surface area (Å²) in [5, 5.41) is 9.22. The monoisotopic (exact) mass is 298 g/mol. The lowest BCUT2D eigenvalue weighted by atomic mass is 10.1. The van der Waals surface area contributed by atoms with E-state index in [2.05, 4.69) is 15.9 Å². The lowest BCUT2D eigenvalue weighted by molar-refractivity contribution is -0.130. The molecule has 0 radical (unpaired) electrons. The number of aliphatic carboxylic acids is 1. The maximum Gasteiger partial charge on any atom is 0.337 e. The van der Waals surface area contributed by atoms with Crippen molar-refractivity contribution in [3.05, 3.63) is 40.4 Å². The molecule has 0 saturated heterocycles. The smallest absolute Gasteiger partial charge is 0.337 e. The van der Waals surface area contributed by atoms with Crippen LogP contribution in [0.5, 0.6) is 0 Å². The van der Waals surface area contributed by atoms with Crippen LogP contribution >= 0.6 is 15.9 Å². The van der Waals surface area contributed by atoms with Crippen LogP contribution in [0.3, 0.4) is 0 Å². The molecule has 0 bridgehead atoms. The summed E-state index contributed by atoms with van der Waals surface area (Å²) in [6.45, 7) is 4.07. The van der Waals surface area contributed by atoms with Crippen molar-refractivity contribution in [2.75, 3.05) is 6.61 Å². The second-order valence-corrected chi connectivity index (χ2v) is 4.77. The van der Waals surface area contributed by atoms with Crippen molar-refractivity contribution in [1.82, 2.24) is 0 Å². The van der Waals surface area contributed by atoms with Crippen molar-refractivity contribution < 1.29 is 14.6 Å². The van der Waals surface area contributed by atoms with Gasteiger partial charge in [0.1, 0.15) is 0 Å². The molecule has 92 valence electrons. The minimum Gasteiger partial charge on any atom is -0.478 e. The number of halogens is 1. The van der Waals surface area contributed by atoms with Gasteiger partial charge in [0.25, 0.3) is 0 Å². The van der Waals surface area contributed by atoms with Crippen LogP contribution in [0.25, 0.3) is 5.57 Å². The van der Waals surface area contributed by atoms with Crippen LogP contribution in [0.2, 0.25) is 0 Å². The molecule has 0 fully saturated rings. The zero-order valence-electron chi connectivity index (χ0n) is 9.81. The Morgan fingerprint density at radius 2 is 1.94 bits per heavy atom. The van der Waals surface area contributed by atoms with E-state index in [1.54, 1.807) is 12.1 Å². The van der Waals surface area contributed by atoms with Crippen molar-refractivity contribution in [2.45, 2.75) is 20.0 Å². The van der Waals surface area contributed by atoms with Gasteiger partial charge in [0.05, 0.1) is 18.3 Å². The van der Waals surface area contributed by atoms with E-state index in [1.165, 1.54) is 0 Å². The quantitative estimate of drug-likeness (QED) is 0.849. The van der Waals surface area contributed by atoms with Crippen molar-refractivity contribution >= 4 is 27.5 Å². The second kappa shape index (κ2) is 6.57. The van der Waals surface area contributed by atoms with Gasteiger partial charge < -0.3 is 9.84 Å². The van der Waals surface area contributed by atoms with Crippen LogP contribution in [-0.2, 0) is 9.53 Å². The third-order valence-corrected chi connectivity index (χ3v) is 2.72. The molecule has 1 N–H and O–H groups in total. The van der Waals surface area contributed by atoms with Gasteiger partial charge in [0.2, 0.25) is 0 Å². The Kier molecular flexibility index (Phi) is 5.38. The summed E-state index contributed by atoms with van der Waals surface area (Å²) < 4.78 is 5.93.